The van der Waals surface area contributed by atoms with Crippen LogP contribution in [0.15, 0.2) is 30.3 Å². The Labute approximate surface area is 103 Å². The van der Waals surface area contributed by atoms with Crippen molar-refractivity contribution >= 4 is 11.3 Å². The Morgan fingerprint density at radius 1 is 1.18 bits per heavy atom. The first-order chi connectivity index (χ1) is 8.11. The van der Waals surface area contributed by atoms with E-state index in [9.17, 15) is 8.78 Å². The Morgan fingerprint density at radius 2 is 1.94 bits per heavy atom. The van der Waals surface area contributed by atoms with Crippen molar-refractivity contribution in [3.63, 3.8) is 0 Å². The summed E-state index contributed by atoms with van der Waals surface area (Å²) in [6, 6.07) is 7.85. The molecule has 0 radical (unpaired) electrons. The quantitative estimate of drug-likeness (QED) is 0.885. The third kappa shape index (κ3) is 2.53. The van der Waals surface area contributed by atoms with Gasteiger partial charge in [0.1, 0.15) is 0 Å². The molecule has 1 heterocycles. The van der Waals surface area contributed by atoms with E-state index in [2.05, 4.69) is 0 Å². The third-order valence-electron chi connectivity index (χ3n) is 2.67. The van der Waals surface area contributed by atoms with Crippen molar-refractivity contribution in [2.75, 3.05) is 6.54 Å². The van der Waals surface area contributed by atoms with E-state index in [0.717, 1.165) is 15.8 Å². The molecule has 90 valence electrons. The molecular weight excluding hydrogens is 240 g/mol. The molecule has 0 aliphatic rings. The van der Waals surface area contributed by atoms with Crippen LogP contribution in [0.3, 0.4) is 0 Å². The SMILES string of the molecule is CC(CN)c1ccc(-c2ccc(F)c(F)c2)s1. The lowest BCUT2D eigenvalue weighted by molar-refractivity contribution is 0.509. The maximum Gasteiger partial charge on any atom is 0.159 e. The maximum atomic E-state index is 13.1. The smallest absolute Gasteiger partial charge is 0.159 e. The summed E-state index contributed by atoms with van der Waals surface area (Å²) in [4.78, 5) is 2.09. The van der Waals surface area contributed by atoms with Crippen molar-refractivity contribution in [1.82, 2.24) is 0 Å². The molecule has 1 aromatic carbocycles. The van der Waals surface area contributed by atoms with Crippen LogP contribution in [0.4, 0.5) is 8.78 Å². The van der Waals surface area contributed by atoms with Crippen LogP contribution in [0, 0.1) is 11.6 Å². The van der Waals surface area contributed by atoms with E-state index in [1.807, 2.05) is 19.1 Å². The first kappa shape index (κ1) is 12.2. The van der Waals surface area contributed by atoms with Crippen LogP contribution in [0.1, 0.15) is 17.7 Å². The molecule has 0 aliphatic carbocycles. The fourth-order valence-electron chi connectivity index (χ4n) is 1.54. The molecule has 0 amide bonds. The Bertz CT molecular complexity index is 522. The summed E-state index contributed by atoms with van der Waals surface area (Å²) < 4.78 is 25.9. The summed E-state index contributed by atoms with van der Waals surface area (Å²) in [6.45, 7) is 2.62. The molecule has 0 saturated heterocycles. The second-order valence-electron chi connectivity index (χ2n) is 3.97. The fraction of sp³-hybridized carbons (Fsp3) is 0.231. The zero-order valence-electron chi connectivity index (χ0n) is 9.41. The molecule has 0 saturated carbocycles. The monoisotopic (exact) mass is 253 g/mol. The predicted octanol–water partition coefficient (Wildman–Crippen LogP) is 3.76. The number of hydrogen-bond acceptors (Lipinski definition) is 2. The minimum Gasteiger partial charge on any atom is -0.330 e. The van der Waals surface area contributed by atoms with Gasteiger partial charge in [-0.05, 0) is 36.4 Å². The van der Waals surface area contributed by atoms with Gasteiger partial charge in [-0.1, -0.05) is 13.0 Å². The van der Waals surface area contributed by atoms with Crippen LogP contribution < -0.4 is 5.73 Å². The summed E-state index contributed by atoms with van der Waals surface area (Å²) in [7, 11) is 0. The summed E-state index contributed by atoms with van der Waals surface area (Å²) >= 11 is 1.56. The van der Waals surface area contributed by atoms with Gasteiger partial charge < -0.3 is 5.73 Å². The second kappa shape index (κ2) is 4.94. The van der Waals surface area contributed by atoms with E-state index in [4.69, 9.17) is 5.73 Å². The van der Waals surface area contributed by atoms with E-state index in [1.54, 1.807) is 17.4 Å². The van der Waals surface area contributed by atoms with E-state index >= 15 is 0 Å². The van der Waals surface area contributed by atoms with Crippen LogP contribution in [0.2, 0.25) is 0 Å². The Kier molecular flexibility index (Phi) is 3.54. The first-order valence-corrected chi connectivity index (χ1v) is 6.18. The third-order valence-corrected chi connectivity index (χ3v) is 4.04. The fourth-order valence-corrected chi connectivity index (χ4v) is 2.61. The second-order valence-corrected chi connectivity index (χ2v) is 5.08. The van der Waals surface area contributed by atoms with E-state index in [-0.39, 0.29) is 0 Å². The highest BCUT2D eigenvalue weighted by Crippen LogP contribution is 2.32. The summed E-state index contributed by atoms with van der Waals surface area (Å²) in [5.41, 5.74) is 6.29. The van der Waals surface area contributed by atoms with Crippen molar-refractivity contribution in [2.45, 2.75) is 12.8 Å². The predicted molar refractivity (Wildman–Crippen MR) is 67.1 cm³/mol. The summed E-state index contributed by atoms with van der Waals surface area (Å²) in [5.74, 6) is -1.34. The summed E-state index contributed by atoms with van der Waals surface area (Å²) in [5, 5.41) is 0. The zero-order chi connectivity index (χ0) is 12.4. The number of benzene rings is 1. The van der Waals surface area contributed by atoms with Gasteiger partial charge in [-0.3, -0.25) is 0 Å². The highest BCUT2D eigenvalue weighted by Gasteiger charge is 2.10. The molecule has 1 aromatic heterocycles. The lowest BCUT2D eigenvalue weighted by Crippen LogP contribution is -2.06. The molecule has 1 nitrogen and oxygen atoms in total. The average Bonchev–Trinajstić information content (AvgIpc) is 2.81. The van der Waals surface area contributed by atoms with Crippen molar-refractivity contribution < 1.29 is 8.78 Å². The van der Waals surface area contributed by atoms with Crippen molar-refractivity contribution in [3.05, 3.63) is 46.8 Å². The lowest BCUT2D eigenvalue weighted by Gasteiger charge is -2.03. The maximum absolute atomic E-state index is 13.1. The van der Waals surface area contributed by atoms with E-state index < -0.39 is 11.6 Å². The molecular formula is C13H13F2NS. The minimum atomic E-state index is -0.819. The van der Waals surface area contributed by atoms with Gasteiger partial charge in [0.15, 0.2) is 11.6 Å². The number of rotatable bonds is 3. The zero-order valence-corrected chi connectivity index (χ0v) is 10.2. The van der Waals surface area contributed by atoms with Crippen LogP contribution in [0.5, 0.6) is 0 Å². The molecule has 0 aliphatic heterocycles. The molecule has 2 aromatic rings. The number of nitrogens with two attached hydrogens (primary N) is 1. The molecule has 17 heavy (non-hydrogen) atoms. The topological polar surface area (TPSA) is 26.0 Å². The van der Waals surface area contributed by atoms with Crippen LogP contribution in [-0.2, 0) is 0 Å². The van der Waals surface area contributed by atoms with Crippen LogP contribution in [-0.4, -0.2) is 6.54 Å². The van der Waals surface area contributed by atoms with Gasteiger partial charge in [-0.15, -0.1) is 11.3 Å². The van der Waals surface area contributed by atoms with E-state index in [0.29, 0.717) is 18.0 Å². The number of thiophene rings is 1. The van der Waals surface area contributed by atoms with Crippen molar-refractivity contribution in [3.8, 4) is 10.4 Å². The van der Waals surface area contributed by atoms with Crippen molar-refractivity contribution in [2.24, 2.45) is 5.73 Å². The number of hydrogen-bond donors (Lipinski definition) is 1. The lowest BCUT2D eigenvalue weighted by atomic mass is 10.1. The molecule has 0 fully saturated rings. The normalized spacial score (nSPS) is 12.7. The van der Waals surface area contributed by atoms with Gasteiger partial charge in [0, 0.05) is 15.7 Å². The van der Waals surface area contributed by atoms with Gasteiger partial charge in [0.25, 0.3) is 0 Å². The number of halogens is 2. The van der Waals surface area contributed by atoms with Crippen LogP contribution >= 0.6 is 11.3 Å². The standard InChI is InChI=1S/C13H13F2NS/c1-8(7-16)12-4-5-13(17-12)9-2-3-10(14)11(15)6-9/h2-6,8H,7,16H2,1H3. The highest BCUT2D eigenvalue weighted by atomic mass is 32.1. The molecule has 4 heteroatoms. The Hall–Kier alpha value is -1.26. The Morgan fingerprint density at radius 3 is 2.59 bits per heavy atom. The first-order valence-electron chi connectivity index (χ1n) is 5.37. The minimum absolute atomic E-state index is 0.291. The van der Waals surface area contributed by atoms with Crippen LogP contribution in [0.25, 0.3) is 10.4 Å². The van der Waals surface area contributed by atoms with Gasteiger partial charge in [-0.2, -0.15) is 0 Å². The molecule has 0 bridgehead atoms. The average molecular weight is 253 g/mol. The molecule has 2 N–H and O–H groups in total. The van der Waals surface area contributed by atoms with Gasteiger partial charge >= 0.3 is 0 Å². The largest absolute Gasteiger partial charge is 0.330 e. The van der Waals surface area contributed by atoms with E-state index in [1.165, 1.54) is 6.07 Å². The van der Waals surface area contributed by atoms with Gasteiger partial charge in [0.2, 0.25) is 0 Å². The Balaban J connectivity index is 2.33. The van der Waals surface area contributed by atoms with Gasteiger partial charge in [-0.25, -0.2) is 8.78 Å². The van der Waals surface area contributed by atoms with Crippen molar-refractivity contribution in [1.29, 1.82) is 0 Å². The molecule has 1 atom stereocenters. The summed E-state index contributed by atoms with van der Waals surface area (Å²) in [6.07, 6.45) is 0. The highest BCUT2D eigenvalue weighted by molar-refractivity contribution is 7.15. The molecule has 0 spiro atoms. The molecule has 2 rings (SSSR count). The van der Waals surface area contributed by atoms with Gasteiger partial charge in [0.05, 0.1) is 0 Å². The molecule has 1 unspecified atom stereocenters.